The van der Waals surface area contributed by atoms with Crippen molar-refractivity contribution < 1.29 is 14.7 Å². The molecule has 86 valence electrons. The summed E-state index contributed by atoms with van der Waals surface area (Å²) in [5, 5.41) is 9.61. The molecule has 1 aliphatic heterocycles. The minimum Gasteiger partial charge on any atom is -0.391 e. The van der Waals surface area contributed by atoms with Crippen molar-refractivity contribution in [3.63, 3.8) is 0 Å². The van der Waals surface area contributed by atoms with Gasteiger partial charge in [-0.15, -0.1) is 0 Å². The molecule has 2 atom stereocenters. The Labute approximate surface area is 90.3 Å². The van der Waals surface area contributed by atoms with E-state index in [0.717, 1.165) is 6.42 Å². The molecule has 2 unspecified atom stereocenters. The quantitative estimate of drug-likeness (QED) is 0.746. The molecule has 0 bridgehead atoms. The third-order valence-electron chi connectivity index (χ3n) is 2.96. The van der Waals surface area contributed by atoms with Gasteiger partial charge in [0.25, 0.3) is 0 Å². The predicted octanol–water partition coefficient (Wildman–Crippen LogP) is 0.585. The van der Waals surface area contributed by atoms with Gasteiger partial charge < -0.3 is 14.8 Å². The third-order valence-corrected chi connectivity index (χ3v) is 2.96. The number of amides is 1. The lowest BCUT2D eigenvalue weighted by Gasteiger charge is -2.34. The fraction of sp³-hybridized carbons (Fsp3) is 0.818. The Balaban J connectivity index is 2.37. The lowest BCUT2D eigenvalue weighted by Crippen LogP contribution is -2.45. The third kappa shape index (κ3) is 3.63. The van der Waals surface area contributed by atoms with Gasteiger partial charge >= 0.3 is 0 Å². The number of nitrogens with zero attached hydrogens (tertiary/aromatic N) is 1. The number of hydrogen-bond donors (Lipinski definition) is 1. The average molecular weight is 213 g/mol. The van der Waals surface area contributed by atoms with Gasteiger partial charge in [-0.25, -0.2) is 0 Å². The average Bonchev–Trinajstić information content (AvgIpc) is 2.18. The molecule has 0 radical (unpaired) electrons. The van der Waals surface area contributed by atoms with E-state index in [2.05, 4.69) is 0 Å². The molecule has 0 saturated carbocycles. The molecule has 1 heterocycles. The zero-order valence-corrected chi connectivity index (χ0v) is 9.40. The van der Waals surface area contributed by atoms with Crippen molar-refractivity contribution in [3.8, 4) is 0 Å². The van der Waals surface area contributed by atoms with E-state index in [1.54, 1.807) is 4.90 Å². The first kappa shape index (κ1) is 12.2. The van der Waals surface area contributed by atoms with Gasteiger partial charge in [0.2, 0.25) is 5.91 Å². The molecule has 0 spiro atoms. The lowest BCUT2D eigenvalue weighted by molar-refractivity contribution is -0.136. The maximum atomic E-state index is 11.6. The molecular formula is C11H19NO3. The van der Waals surface area contributed by atoms with Gasteiger partial charge in [-0.05, 0) is 19.3 Å². The summed E-state index contributed by atoms with van der Waals surface area (Å²) in [5.41, 5.74) is 0. The van der Waals surface area contributed by atoms with Crippen molar-refractivity contribution in [2.45, 2.75) is 39.2 Å². The number of hydrogen-bond acceptors (Lipinski definition) is 3. The summed E-state index contributed by atoms with van der Waals surface area (Å²) in [7, 11) is 0. The summed E-state index contributed by atoms with van der Waals surface area (Å²) in [6, 6.07) is 0. The Morgan fingerprint density at radius 2 is 2.07 bits per heavy atom. The van der Waals surface area contributed by atoms with Crippen molar-refractivity contribution in [3.05, 3.63) is 0 Å². The van der Waals surface area contributed by atoms with Crippen molar-refractivity contribution in [1.29, 1.82) is 0 Å². The minimum absolute atomic E-state index is 0.0175. The van der Waals surface area contributed by atoms with E-state index in [4.69, 9.17) is 0 Å². The largest absolute Gasteiger partial charge is 0.391 e. The topological polar surface area (TPSA) is 57.6 Å². The van der Waals surface area contributed by atoms with E-state index >= 15 is 0 Å². The van der Waals surface area contributed by atoms with Crippen LogP contribution < -0.4 is 0 Å². The van der Waals surface area contributed by atoms with Gasteiger partial charge in [0, 0.05) is 25.9 Å². The van der Waals surface area contributed by atoms with E-state index in [-0.39, 0.29) is 24.0 Å². The second-order valence-corrected chi connectivity index (χ2v) is 4.38. The minimum atomic E-state index is -0.417. The fourth-order valence-electron chi connectivity index (χ4n) is 1.72. The summed E-state index contributed by atoms with van der Waals surface area (Å²) in [6.45, 7) is 4.59. The highest BCUT2D eigenvalue weighted by Gasteiger charge is 2.26. The molecule has 0 aromatic carbocycles. The van der Waals surface area contributed by atoms with E-state index in [0.29, 0.717) is 19.5 Å². The molecule has 0 aliphatic carbocycles. The van der Waals surface area contributed by atoms with E-state index in [1.807, 2.05) is 6.92 Å². The molecule has 15 heavy (non-hydrogen) atoms. The zero-order valence-electron chi connectivity index (χ0n) is 9.40. The summed E-state index contributed by atoms with van der Waals surface area (Å²) >= 11 is 0. The molecule has 1 N–H and O–H groups in total. The highest BCUT2D eigenvalue weighted by molar-refractivity contribution is 5.83. The highest BCUT2D eigenvalue weighted by atomic mass is 16.3. The second-order valence-electron chi connectivity index (χ2n) is 4.38. The Morgan fingerprint density at radius 1 is 1.40 bits per heavy atom. The number of carbonyl (C=O) groups is 2. The van der Waals surface area contributed by atoms with Crippen LogP contribution >= 0.6 is 0 Å². The maximum Gasteiger partial charge on any atom is 0.223 e. The van der Waals surface area contributed by atoms with Crippen molar-refractivity contribution >= 4 is 11.7 Å². The van der Waals surface area contributed by atoms with Crippen molar-refractivity contribution in [2.75, 3.05) is 13.1 Å². The van der Waals surface area contributed by atoms with Crippen LogP contribution in [0, 0.1) is 5.92 Å². The van der Waals surface area contributed by atoms with Crippen LogP contribution in [0.4, 0.5) is 0 Å². The van der Waals surface area contributed by atoms with Crippen LogP contribution in [0.3, 0.4) is 0 Å². The molecule has 0 aromatic heterocycles. The standard InChI is InChI=1S/C11H19NO3/c1-8-5-6-12(7-10(8)14)11(15)4-3-9(2)13/h8,10,14H,3-7H2,1-2H3. The van der Waals surface area contributed by atoms with Crippen LogP contribution in [-0.4, -0.2) is 40.9 Å². The van der Waals surface area contributed by atoms with Crippen molar-refractivity contribution in [2.24, 2.45) is 5.92 Å². The van der Waals surface area contributed by atoms with Crippen LogP contribution in [0.2, 0.25) is 0 Å². The molecule has 1 saturated heterocycles. The summed E-state index contributed by atoms with van der Waals surface area (Å²) < 4.78 is 0. The molecule has 4 nitrogen and oxygen atoms in total. The van der Waals surface area contributed by atoms with Gasteiger partial charge in [0.05, 0.1) is 6.10 Å². The van der Waals surface area contributed by atoms with Crippen molar-refractivity contribution in [1.82, 2.24) is 4.90 Å². The van der Waals surface area contributed by atoms with Gasteiger partial charge in [-0.2, -0.15) is 0 Å². The normalized spacial score (nSPS) is 26.5. The monoisotopic (exact) mass is 213 g/mol. The Bertz CT molecular complexity index is 252. The Kier molecular flexibility index (Phi) is 4.27. The molecular weight excluding hydrogens is 194 g/mol. The number of β-amino-alcohol motifs (C(OH)–C–C–N with tert-alkyl or cyclic N) is 1. The van der Waals surface area contributed by atoms with Crippen LogP contribution in [0.15, 0.2) is 0 Å². The summed E-state index contributed by atoms with van der Waals surface area (Å²) in [6.07, 6.45) is 1.00. The van der Waals surface area contributed by atoms with Gasteiger partial charge in [0.15, 0.2) is 0 Å². The first-order valence-electron chi connectivity index (χ1n) is 5.46. The number of aliphatic hydroxyl groups is 1. The first-order valence-corrected chi connectivity index (χ1v) is 5.46. The summed E-state index contributed by atoms with van der Waals surface area (Å²) in [5.74, 6) is 0.285. The first-order chi connectivity index (χ1) is 7.00. The molecule has 1 fully saturated rings. The smallest absolute Gasteiger partial charge is 0.223 e. The Morgan fingerprint density at radius 3 is 2.60 bits per heavy atom. The number of Topliss-reactive ketones (excluding diaryl/α,β-unsaturated/α-hetero) is 1. The number of carbonyl (C=O) groups excluding carboxylic acids is 2. The SMILES string of the molecule is CC(=O)CCC(=O)N1CCC(C)C(O)C1. The number of piperidine rings is 1. The molecule has 1 aliphatic rings. The van der Waals surface area contributed by atoms with Crippen LogP contribution in [0.5, 0.6) is 0 Å². The molecule has 1 amide bonds. The maximum absolute atomic E-state index is 11.6. The van der Waals surface area contributed by atoms with E-state index in [9.17, 15) is 14.7 Å². The molecule has 4 heteroatoms. The van der Waals surface area contributed by atoms with Crippen LogP contribution in [-0.2, 0) is 9.59 Å². The van der Waals surface area contributed by atoms with Gasteiger partial charge in [0.1, 0.15) is 5.78 Å². The van der Waals surface area contributed by atoms with Crippen LogP contribution in [0.1, 0.15) is 33.1 Å². The van der Waals surface area contributed by atoms with E-state index in [1.165, 1.54) is 6.92 Å². The predicted molar refractivity (Wildman–Crippen MR) is 56.3 cm³/mol. The van der Waals surface area contributed by atoms with E-state index < -0.39 is 6.10 Å². The van der Waals surface area contributed by atoms with Crippen LogP contribution in [0.25, 0.3) is 0 Å². The number of likely N-dealkylation sites (tertiary alicyclic amines) is 1. The molecule has 0 aromatic rings. The van der Waals surface area contributed by atoms with Gasteiger partial charge in [-0.3, -0.25) is 4.79 Å². The number of rotatable bonds is 3. The fourth-order valence-corrected chi connectivity index (χ4v) is 1.72. The summed E-state index contributed by atoms with van der Waals surface area (Å²) in [4.78, 5) is 24.0. The van der Waals surface area contributed by atoms with Gasteiger partial charge in [-0.1, -0.05) is 6.92 Å². The number of aliphatic hydroxyl groups excluding tert-OH is 1. The number of ketones is 1. The Hall–Kier alpha value is -0.900. The lowest BCUT2D eigenvalue weighted by atomic mass is 9.96. The highest BCUT2D eigenvalue weighted by Crippen LogP contribution is 2.17. The zero-order chi connectivity index (χ0) is 11.4. The second kappa shape index (κ2) is 5.26. The molecule has 1 rings (SSSR count).